The van der Waals surface area contributed by atoms with Crippen molar-refractivity contribution in [1.82, 2.24) is 0 Å². The Kier molecular flexibility index (Phi) is 14.3. The highest BCUT2D eigenvalue weighted by Crippen LogP contribution is 2.48. The molecule has 0 bridgehead atoms. The molecule has 48 heavy (non-hydrogen) atoms. The SMILES string of the molecule is CCCCC(=O)Oc1c(C)ccc(CC[C@@H](C)[C@H](O)[C@H](C)C(=O)[C@H](CC)[C@H]2O[C@](CC)([C@H]3CC[C@](O)(CC)[C@H](C)O3)C[C@@H]2C)c1C(=O)O. The minimum absolute atomic E-state index is 0.0262. The fourth-order valence-electron chi connectivity index (χ4n) is 8.05. The second-order valence-corrected chi connectivity index (χ2v) is 14.8. The number of carbonyl (C=O) groups is 3. The van der Waals surface area contributed by atoms with Gasteiger partial charge in [0.2, 0.25) is 0 Å². The third-order valence-corrected chi connectivity index (χ3v) is 11.6. The van der Waals surface area contributed by atoms with Gasteiger partial charge < -0.3 is 29.5 Å². The topological polar surface area (TPSA) is 140 Å². The van der Waals surface area contributed by atoms with Crippen molar-refractivity contribution in [2.75, 3.05) is 0 Å². The first-order valence-corrected chi connectivity index (χ1v) is 18.4. The van der Waals surface area contributed by atoms with Crippen LogP contribution in [0.1, 0.15) is 141 Å². The summed E-state index contributed by atoms with van der Waals surface area (Å²) >= 11 is 0. The van der Waals surface area contributed by atoms with E-state index in [-0.39, 0.29) is 59.6 Å². The van der Waals surface area contributed by atoms with E-state index in [4.69, 9.17) is 14.2 Å². The van der Waals surface area contributed by atoms with E-state index in [0.29, 0.717) is 56.1 Å². The van der Waals surface area contributed by atoms with Crippen molar-refractivity contribution in [3.05, 3.63) is 28.8 Å². The van der Waals surface area contributed by atoms with Crippen molar-refractivity contribution in [1.29, 1.82) is 0 Å². The highest BCUT2D eigenvalue weighted by molar-refractivity contribution is 5.94. The van der Waals surface area contributed by atoms with Crippen LogP contribution in [-0.4, -0.2) is 68.7 Å². The summed E-state index contributed by atoms with van der Waals surface area (Å²) in [5, 5.41) is 32.5. The van der Waals surface area contributed by atoms with Gasteiger partial charge in [0, 0.05) is 18.3 Å². The number of ether oxygens (including phenoxy) is 3. The van der Waals surface area contributed by atoms with Crippen LogP contribution in [0, 0.1) is 30.6 Å². The van der Waals surface area contributed by atoms with Crippen LogP contribution in [0.2, 0.25) is 0 Å². The highest BCUT2D eigenvalue weighted by atomic mass is 16.6. The number of aromatic carboxylic acids is 1. The van der Waals surface area contributed by atoms with Crippen molar-refractivity contribution >= 4 is 17.7 Å². The van der Waals surface area contributed by atoms with Crippen LogP contribution in [0.15, 0.2) is 12.1 Å². The Morgan fingerprint density at radius 1 is 1.08 bits per heavy atom. The normalized spacial score (nSPS) is 30.0. The summed E-state index contributed by atoms with van der Waals surface area (Å²) in [7, 11) is 0. The summed E-state index contributed by atoms with van der Waals surface area (Å²) in [5.41, 5.74) is -0.302. The Morgan fingerprint density at radius 3 is 2.33 bits per heavy atom. The number of hydrogen-bond donors (Lipinski definition) is 3. The van der Waals surface area contributed by atoms with Gasteiger partial charge in [0.25, 0.3) is 0 Å². The Labute approximate surface area is 288 Å². The van der Waals surface area contributed by atoms with E-state index in [9.17, 15) is 29.7 Å². The maximum Gasteiger partial charge on any atom is 0.339 e. The van der Waals surface area contributed by atoms with Crippen molar-refractivity contribution in [3.8, 4) is 5.75 Å². The number of aliphatic hydroxyl groups is 2. The number of Topliss-reactive ketones (excluding diaryl/α,β-unsaturated/α-hetero) is 1. The maximum absolute atomic E-state index is 14.1. The molecule has 0 saturated carbocycles. The summed E-state index contributed by atoms with van der Waals surface area (Å²) in [4.78, 5) is 38.8. The predicted octanol–water partition coefficient (Wildman–Crippen LogP) is 7.23. The Bertz CT molecular complexity index is 1260. The maximum atomic E-state index is 14.1. The van der Waals surface area contributed by atoms with Crippen molar-refractivity contribution in [3.63, 3.8) is 0 Å². The number of carboxylic acid groups (broad SMARTS) is 1. The van der Waals surface area contributed by atoms with E-state index in [1.54, 1.807) is 26.0 Å². The van der Waals surface area contributed by atoms with Crippen molar-refractivity contribution < 1.29 is 43.9 Å². The molecule has 2 aliphatic heterocycles. The average Bonchev–Trinajstić information content (AvgIpc) is 3.41. The number of aliphatic hydroxyl groups excluding tert-OH is 1. The first kappa shape index (κ1) is 40.1. The van der Waals surface area contributed by atoms with Crippen LogP contribution in [0.5, 0.6) is 5.75 Å². The van der Waals surface area contributed by atoms with E-state index in [2.05, 4.69) is 13.8 Å². The van der Waals surface area contributed by atoms with E-state index in [1.807, 2.05) is 34.6 Å². The number of unbranched alkanes of at least 4 members (excludes halogenated alkanes) is 1. The van der Waals surface area contributed by atoms with Crippen LogP contribution < -0.4 is 4.74 Å². The Balaban J connectivity index is 1.71. The highest BCUT2D eigenvalue weighted by Gasteiger charge is 2.55. The molecule has 3 rings (SSSR count). The molecule has 9 nitrogen and oxygen atoms in total. The quantitative estimate of drug-likeness (QED) is 0.115. The number of aryl methyl sites for hydroxylation is 2. The standard InChI is InChI=1S/C39H62O9/c1-10-14-15-31(40)47-36-24(6)17-19-28(32(36)37(43)44)18-16-23(5)33(41)26(8)34(42)29(11-2)35-25(7)22-39(13-4,48-35)30-20-21-38(45,12-3)27(9)46-30/h17,19,23,25-27,29-30,33,35,41,45H,10-16,18,20-22H2,1-9H3,(H,43,44)/t23-,25+,26+,27+,29+,30-,33+,35+,38-,39+/m1/s1. The molecule has 2 fully saturated rings. The molecular weight excluding hydrogens is 612 g/mol. The molecule has 0 aromatic heterocycles. The van der Waals surface area contributed by atoms with Gasteiger partial charge >= 0.3 is 11.9 Å². The molecule has 1 aromatic carbocycles. The smallest absolute Gasteiger partial charge is 0.339 e. The summed E-state index contributed by atoms with van der Waals surface area (Å²) in [6.07, 6.45) is 4.87. The lowest BCUT2D eigenvalue weighted by atomic mass is 9.76. The van der Waals surface area contributed by atoms with Gasteiger partial charge in [-0.25, -0.2) is 4.79 Å². The third kappa shape index (κ3) is 8.69. The zero-order valence-corrected chi connectivity index (χ0v) is 30.8. The van der Waals surface area contributed by atoms with Gasteiger partial charge in [0.15, 0.2) is 0 Å². The molecule has 3 N–H and O–H groups in total. The molecule has 0 spiro atoms. The minimum Gasteiger partial charge on any atom is -0.478 e. The molecule has 1 aromatic rings. The van der Waals surface area contributed by atoms with E-state index < -0.39 is 35.2 Å². The van der Waals surface area contributed by atoms with Gasteiger partial charge in [-0.15, -0.1) is 0 Å². The molecule has 0 amide bonds. The first-order chi connectivity index (χ1) is 22.6. The Hall–Kier alpha value is -2.33. The summed E-state index contributed by atoms with van der Waals surface area (Å²) in [6, 6.07) is 3.49. The molecule has 0 radical (unpaired) electrons. The second-order valence-electron chi connectivity index (χ2n) is 14.8. The summed E-state index contributed by atoms with van der Waals surface area (Å²) in [5.74, 6) is -2.79. The minimum atomic E-state index is -1.17. The van der Waals surface area contributed by atoms with Gasteiger partial charge in [-0.1, -0.05) is 67.0 Å². The lowest BCUT2D eigenvalue weighted by molar-refractivity contribution is -0.229. The fourth-order valence-corrected chi connectivity index (χ4v) is 8.05. The number of hydrogen-bond acceptors (Lipinski definition) is 8. The lowest BCUT2D eigenvalue weighted by Gasteiger charge is -2.47. The fraction of sp³-hybridized carbons (Fsp3) is 0.769. The molecule has 272 valence electrons. The molecular formula is C39H62O9. The molecule has 0 aliphatic carbocycles. The zero-order chi connectivity index (χ0) is 36.0. The molecule has 10 atom stereocenters. The summed E-state index contributed by atoms with van der Waals surface area (Å²) in [6.45, 7) is 17.5. The van der Waals surface area contributed by atoms with Gasteiger partial charge in [-0.2, -0.15) is 0 Å². The molecule has 2 aliphatic rings. The van der Waals surface area contributed by atoms with Gasteiger partial charge in [-0.05, 0) is 94.6 Å². The monoisotopic (exact) mass is 674 g/mol. The number of rotatable bonds is 17. The number of benzene rings is 1. The van der Waals surface area contributed by atoms with Crippen LogP contribution in [0.4, 0.5) is 0 Å². The number of esters is 1. The zero-order valence-electron chi connectivity index (χ0n) is 30.8. The van der Waals surface area contributed by atoms with Gasteiger partial charge in [-0.3, -0.25) is 9.59 Å². The largest absolute Gasteiger partial charge is 0.478 e. The van der Waals surface area contributed by atoms with Gasteiger partial charge in [0.05, 0.1) is 35.6 Å². The molecule has 9 heteroatoms. The third-order valence-electron chi connectivity index (χ3n) is 11.6. The molecule has 0 unspecified atom stereocenters. The first-order valence-electron chi connectivity index (χ1n) is 18.4. The number of carbonyl (C=O) groups excluding carboxylic acids is 2. The predicted molar refractivity (Wildman–Crippen MR) is 185 cm³/mol. The van der Waals surface area contributed by atoms with Crippen LogP contribution >= 0.6 is 0 Å². The van der Waals surface area contributed by atoms with Crippen molar-refractivity contribution in [2.24, 2.45) is 23.7 Å². The second kappa shape index (κ2) is 17.1. The molecule has 2 heterocycles. The van der Waals surface area contributed by atoms with Crippen LogP contribution in [-0.2, 0) is 25.5 Å². The number of ketones is 1. The van der Waals surface area contributed by atoms with Crippen LogP contribution in [0.25, 0.3) is 0 Å². The summed E-state index contributed by atoms with van der Waals surface area (Å²) < 4.78 is 18.8. The van der Waals surface area contributed by atoms with Gasteiger partial charge in [0.1, 0.15) is 17.1 Å². The molecule has 2 saturated heterocycles. The van der Waals surface area contributed by atoms with Crippen molar-refractivity contribution in [2.45, 2.75) is 169 Å². The number of carboxylic acids is 1. The van der Waals surface area contributed by atoms with Crippen LogP contribution in [0.3, 0.4) is 0 Å². The van der Waals surface area contributed by atoms with E-state index in [0.717, 1.165) is 19.3 Å². The van der Waals surface area contributed by atoms with E-state index in [1.165, 1.54) is 0 Å². The van der Waals surface area contributed by atoms with E-state index >= 15 is 0 Å². The lowest BCUT2D eigenvalue weighted by Crippen LogP contribution is -2.55. The Morgan fingerprint density at radius 2 is 1.77 bits per heavy atom. The average molecular weight is 675 g/mol.